The van der Waals surface area contributed by atoms with Gasteiger partial charge in [0.15, 0.2) is 5.82 Å². The van der Waals surface area contributed by atoms with Gasteiger partial charge in [-0.25, -0.2) is 9.97 Å². The van der Waals surface area contributed by atoms with E-state index in [9.17, 15) is 18.0 Å². The Bertz CT molecular complexity index is 519. The fraction of sp³-hybridized carbons (Fsp3) is 0.583. The van der Waals surface area contributed by atoms with E-state index in [1.807, 2.05) is 0 Å². The molecule has 1 aromatic rings. The van der Waals surface area contributed by atoms with E-state index >= 15 is 0 Å². The molecule has 2 heterocycles. The molecule has 8 heteroatoms. The molecule has 0 spiro atoms. The monoisotopic (exact) mass is 289 g/mol. The van der Waals surface area contributed by atoms with Crippen molar-refractivity contribution in [3.8, 4) is 0 Å². The second kappa shape index (κ2) is 5.35. The standard InChI is InChI=1S/C12H14F3N3O2/c1-7-5-10(12(13,14)15)17-11(16-7)9-6-20-4-3-18(9)8(2)19/h5,9H,3-4,6H2,1-2H3/t9-/m0/s1. The molecule has 0 unspecified atom stereocenters. The van der Waals surface area contributed by atoms with E-state index in [1.54, 1.807) is 0 Å². The minimum Gasteiger partial charge on any atom is -0.377 e. The quantitative estimate of drug-likeness (QED) is 0.790. The number of aromatic nitrogens is 2. The molecule has 1 aromatic heterocycles. The summed E-state index contributed by atoms with van der Waals surface area (Å²) in [5.74, 6) is -0.274. The molecule has 0 N–H and O–H groups in total. The number of ether oxygens (including phenoxy) is 1. The summed E-state index contributed by atoms with van der Waals surface area (Å²) in [5, 5.41) is 0. The lowest BCUT2D eigenvalue weighted by atomic mass is 10.2. The number of halogens is 3. The van der Waals surface area contributed by atoms with Crippen molar-refractivity contribution < 1.29 is 22.7 Å². The van der Waals surface area contributed by atoms with Crippen molar-refractivity contribution in [3.05, 3.63) is 23.3 Å². The van der Waals surface area contributed by atoms with Crippen LogP contribution in [0.25, 0.3) is 0 Å². The molecule has 20 heavy (non-hydrogen) atoms. The zero-order chi connectivity index (χ0) is 14.9. The average Bonchev–Trinajstić information content (AvgIpc) is 2.37. The molecule has 0 saturated carbocycles. The predicted molar refractivity (Wildman–Crippen MR) is 62.7 cm³/mol. The first kappa shape index (κ1) is 14.7. The molecule has 1 atom stereocenters. The lowest BCUT2D eigenvalue weighted by molar-refractivity contribution is -0.142. The molecule has 110 valence electrons. The van der Waals surface area contributed by atoms with Crippen molar-refractivity contribution in [2.24, 2.45) is 0 Å². The zero-order valence-corrected chi connectivity index (χ0v) is 11.1. The summed E-state index contributed by atoms with van der Waals surface area (Å²) in [6.45, 7) is 3.59. The maximum absolute atomic E-state index is 12.8. The van der Waals surface area contributed by atoms with Gasteiger partial charge in [-0.2, -0.15) is 13.2 Å². The van der Waals surface area contributed by atoms with Crippen LogP contribution in [0.5, 0.6) is 0 Å². The summed E-state index contributed by atoms with van der Waals surface area (Å²) < 4.78 is 43.5. The van der Waals surface area contributed by atoms with E-state index in [2.05, 4.69) is 9.97 Å². The number of carbonyl (C=O) groups excluding carboxylic acids is 1. The molecule has 1 fully saturated rings. The molecular formula is C12H14F3N3O2. The number of amides is 1. The lowest BCUT2D eigenvalue weighted by Gasteiger charge is -2.34. The van der Waals surface area contributed by atoms with E-state index in [4.69, 9.17) is 4.74 Å². The van der Waals surface area contributed by atoms with Crippen LogP contribution in [0.2, 0.25) is 0 Å². The van der Waals surface area contributed by atoms with Gasteiger partial charge in [0.1, 0.15) is 11.7 Å². The topological polar surface area (TPSA) is 55.3 Å². The Balaban J connectivity index is 2.40. The number of hydrogen-bond donors (Lipinski definition) is 0. The summed E-state index contributed by atoms with van der Waals surface area (Å²) in [6.07, 6.45) is -4.54. The highest BCUT2D eigenvalue weighted by molar-refractivity contribution is 5.73. The molecule has 0 radical (unpaired) electrons. The highest BCUT2D eigenvalue weighted by Gasteiger charge is 2.36. The van der Waals surface area contributed by atoms with Gasteiger partial charge in [0.25, 0.3) is 0 Å². The molecule has 1 saturated heterocycles. The summed E-state index contributed by atoms with van der Waals surface area (Å²) in [4.78, 5) is 20.5. The third kappa shape index (κ3) is 3.06. The SMILES string of the molecule is CC(=O)N1CCOC[C@H]1c1nc(C)cc(C(F)(F)F)n1. The van der Waals surface area contributed by atoms with Gasteiger partial charge in [-0.3, -0.25) is 4.79 Å². The summed E-state index contributed by atoms with van der Waals surface area (Å²) >= 11 is 0. The molecule has 1 aliphatic rings. The molecule has 2 rings (SSSR count). The minimum absolute atomic E-state index is 0.0350. The second-order valence-corrected chi connectivity index (χ2v) is 4.55. The van der Waals surface area contributed by atoms with Crippen LogP contribution >= 0.6 is 0 Å². The Labute approximate surface area is 113 Å². The Morgan fingerprint density at radius 3 is 2.75 bits per heavy atom. The third-order valence-electron chi connectivity index (χ3n) is 2.99. The fourth-order valence-corrected chi connectivity index (χ4v) is 2.08. The van der Waals surface area contributed by atoms with E-state index in [-0.39, 0.29) is 24.0 Å². The smallest absolute Gasteiger partial charge is 0.377 e. The highest BCUT2D eigenvalue weighted by atomic mass is 19.4. The van der Waals surface area contributed by atoms with E-state index < -0.39 is 17.9 Å². The van der Waals surface area contributed by atoms with Gasteiger partial charge in [0, 0.05) is 19.2 Å². The maximum Gasteiger partial charge on any atom is 0.433 e. The Morgan fingerprint density at radius 1 is 1.45 bits per heavy atom. The maximum atomic E-state index is 12.8. The summed E-state index contributed by atoms with van der Waals surface area (Å²) in [6, 6.07) is 0.202. The van der Waals surface area contributed by atoms with Gasteiger partial charge >= 0.3 is 6.18 Å². The van der Waals surface area contributed by atoms with Crippen molar-refractivity contribution in [1.82, 2.24) is 14.9 Å². The van der Waals surface area contributed by atoms with Crippen LogP contribution in [0.4, 0.5) is 13.2 Å². The minimum atomic E-state index is -4.54. The third-order valence-corrected chi connectivity index (χ3v) is 2.99. The molecule has 0 bridgehead atoms. The van der Waals surface area contributed by atoms with Crippen molar-refractivity contribution >= 4 is 5.91 Å². The van der Waals surface area contributed by atoms with Gasteiger partial charge in [-0.1, -0.05) is 0 Å². The van der Waals surface area contributed by atoms with Gasteiger partial charge < -0.3 is 9.64 Å². The molecule has 5 nitrogen and oxygen atoms in total. The first-order valence-corrected chi connectivity index (χ1v) is 6.07. The lowest BCUT2D eigenvalue weighted by Crippen LogP contribution is -2.43. The normalized spacial score (nSPS) is 20.1. The van der Waals surface area contributed by atoms with E-state index in [1.165, 1.54) is 18.7 Å². The molecule has 0 aromatic carbocycles. The van der Waals surface area contributed by atoms with Crippen LogP contribution in [0.1, 0.15) is 30.2 Å². The number of nitrogens with zero attached hydrogens (tertiary/aromatic N) is 3. The van der Waals surface area contributed by atoms with Gasteiger partial charge in [-0.15, -0.1) is 0 Å². The largest absolute Gasteiger partial charge is 0.433 e. The van der Waals surface area contributed by atoms with Crippen LogP contribution in [0.15, 0.2) is 6.07 Å². The second-order valence-electron chi connectivity index (χ2n) is 4.55. The number of aryl methyl sites for hydroxylation is 1. The number of alkyl halides is 3. The van der Waals surface area contributed by atoms with E-state index in [0.717, 1.165) is 6.07 Å². The van der Waals surface area contributed by atoms with Crippen molar-refractivity contribution in [1.29, 1.82) is 0 Å². The van der Waals surface area contributed by atoms with Gasteiger partial charge in [0.2, 0.25) is 5.91 Å². The Hall–Kier alpha value is -1.70. The number of rotatable bonds is 1. The van der Waals surface area contributed by atoms with Crippen LogP contribution in [0, 0.1) is 6.92 Å². The first-order chi connectivity index (χ1) is 9.29. The van der Waals surface area contributed by atoms with Crippen molar-refractivity contribution in [3.63, 3.8) is 0 Å². The average molecular weight is 289 g/mol. The molecule has 1 aliphatic heterocycles. The van der Waals surface area contributed by atoms with Crippen molar-refractivity contribution in [2.45, 2.75) is 26.1 Å². The molecule has 1 amide bonds. The molecular weight excluding hydrogens is 275 g/mol. The zero-order valence-electron chi connectivity index (χ0n) is 11.1. The number of morpholine rings is 1. The Kier molecular flexibility index (Phi) is 3.94. The number of hydrogen-bond acceptors (Lipinski definition) is 4. The highest BCUT2D eigenvalue weighted by Crippen LogP contribution is 2.30. The van der Waals surface area contributed by atoms with Gasteiger partial charge in [0.05, 0.1) is 13.2 Å². The fourth-order valence-electron chi connectivity index (χ4n) is 2.08. The summed E-state index contributed by atoms with van der Waals surface area (Å²) in [7, 11) is 0. The van der Waals surface area contributed by atoms with Crippen LogP contribution in [0.3, 0.4) is 0 Å². The van der Waals surface area contributed by atoms with Crippen molar-refractivity contribution in [2.75, 3.05) is 19.8 Å². The summed E-state index contributed by atoms with van der Waals surface area (Å²) in [5.41, 5.74) is -0.800. The van der Waals surface area contributed by atoms with Crippen LogP contribution < -0.4 is 0 Å². The Morgan fingerprint density at radius 2 is 2.15 bits per heavy atom. The van der Waals surface area contributed by atoms with Gasteiger partial charge in [-0.05, 0) is 13.0 Å². The number of carbonyl (C=O) groups is 1. The first-order valence-electron chi connectivity index (χ1n) is 6.07. The van der Waals surface area contributed by atoms with E-state index in [0.29, 0.717) is 13.2 Å². The molecule has 0 aliphatic carbocycles. The van der Waals surface area contributed by atoms with Crippen LogP contribution in [-0.2, 0) is 15.7 Å². The predicted octanol–water partition coefficient (Wildman–Crippen LogP) is 1.72. The van der Waals surface area contributed by atoms with Crippen LogP contribution in [-0.4, -0.2) is 40.5 Å².